The monoisotopic (exact) mass is 215 g/mol. The number of anilines is 2. The lowest BCUT2D eigenvalue weighted by Gasteiger charge is -2.25. The van der Waals surface area contributed by atoms with Crippen LogP contribution in [-0.4, -0.2) is 18.1 Å². The van der Waals surface area contributed by atoms with E-state index in [4.69, 9.17) is 5.73 Å². The first kappa shape index (κ1) is 11.7. The maximum absolute atomic E-state index is 13.4. The van der Waals surface area contributed by atoms with Crippen molar-refractivity contribution in [3.05, 3.63) is 17.7 Å². The molecule has 0 radical (unpaired) electrons. The van der Waals surface area contributed by atoms with Crippen molar-refractivity contribution in [2.45, 2.75) is 26.3 Å². The molecule has 1 heterocycles. The molecular weight excluding hydrogens is 200 g/mol. The van der Waals surface area contributed by atoms with Crippen LogP contribution in [0.3, 0.4) is 0 Å². The summed E-state index contributed by atoms with van der Waals surface area (Å²) in [5.41, 5.74) is 5.29. The molecule has 0 aliphatic carbocycles. The lowest BCUT2D eigenvalue weighted by molar-refractivity contribution is 0.562. The van der Waals surface area contributed by atoms with Crippen LogP contribution < -0.4 is 10.6 Å². The first-order chi connectivity index (χ1) is 6.97. The standard InChI is InChI=1S/C10H15F2N3/c1-4-6(2)15(3)10-8(12)5-7(11)9(13)14-10/h5-6H,4H2,1-3H3,(H2,13,14). The zero-order valence-electron chi connectivity index (χ0n) is 9.09. The molecule has 3 nitrogen and oxygen atoms in total. The quantitative estimate of drug-likeness (QED) is 0.840. The molecule has 15 heavy (non-hydrogen) atoms. The number of rotatable bonds is 3. The number of hydrogen-bond acceptors (Lipinski definition) is 3. The Morgan fingerprint density at radius 3 is 2.60 bits per heavy atom. The van der Waals surface area contributed by atoms with Crippen LogP contribution in [0.1, 0.15) is 20.3 Å². The molecule has 1 unspecified atom stereocenters. The largest absolute Gasteiger partial charge is 0.381 e. The minimum atomic E-state index is -0.825. The Morgan fingerprint density at radius 2 is 2.07 bits per heavy atom. The third-order valence-corrected chi connectivity index (χ3v) is 2.52. The molecule has 0 aliphatic rings. The van der Waals surface area contributed by atoms with Crippen molar-refractivity contribution in [2.24, 2.45) is 0 Å². The number of halogens is 2. The fourth-order valence-corrected chi connectivity index (χ4v) is 1.20. The highest BCUT2D eigenvalue weighted by Gasteiger charge is 2.16. The average molecular weight is 215 g/mol. The predicted octanol–water partition coefficient (Wildman–Crippen LogP) is 2.18. The molecule has 0 bridgehead atoms. The van der Waals surface area contributed by atoms with E-state index < -0.39 is 11.6 Å². The molecule has 84 valence electrons. The van der Waals surface area contributed by atoms with Gasteiger partial charge in [0, 0.05) is 19.2 Å². The number of pyridine rings is 1. The van der Waals surface area contributed by atoms with Crippen molar-refractivity contribution in [2.75, 3.05) is 17.7 Å². The van der Waals surface area contributed by atoms with E-state index in [1.54, 1.807) is 11.9 Å². The summed E-state index contributed by atoms with van der Waals surface area (Å²) in [4.78, 5) is 5.34. The van der Waals surface area contributed by atoms with Crippen LogP contribution in [0.5, 0.6) is 0 Å². The van der Waals surface area contributed by atoms with Crippen molar-refractivity contribution in [3.8, 4) is 0 Å². The molecule has 1 aromatic heterocycles. The minimum Gasteiger partial charge on any atom is -0.381 e. The van der Waals surface area contributed by atoms with E-state index in [1.807, 2.05) is 13.8 Å². The van der Waals surface area contributed by atoms with Gasteiger partial charge < -0.3 is 10.6 Å². The van der Waals surface area contributed by atoms with E-state index in [-0.39, 0.29) is 17.7 Å². The lowest BCUT2D eigenvalue weighted by atomic mass is 10.2. The Balaban J connectivity index is 3.09. The van der Waals surface area contributed by atoms with Crippen LogP contribution in [0.25, 0.3) is 0 Å². The van der Waals surface area contributed by atoms with Gasteiger partial charge in [-0.15, -0.1) is 0 Å². The normalized spacial score (nSPS) is 12.6. The van der Waals surface area contributed by atoms with E-state index in [2.05, 4.69) is 4.98 Å². The second kappa shape index (κ2) is 4.42. The van der Waals surface area contributed by atoms with Crippen LogP contribution in [0.2, 0.25) is 0 Å². The summed E-state index contributed by atoms with van der Waals surface area (Å²) in [5.74, 6) is -1.71. The van der Waals surface area contributed by atoms with Gasteiger partial charge >= 0.3 is 0 Å². The minimum absolute atomic E-state index is 0.0863. The Morgan fingerprint density at radius 1 is 1.47 bits per heavy atom. The van der Waals surface area contributed by atoms with Crippen molar-refractivity contribution >= 4 is 11.6 Å². The zero-order valence-corrected chi connectivity index (χ0v) is 9.09. The van der Waals surface area contributed by atoms with Gasteiger partial charge in [-0.3, -0.25) is 0 Å². The molecule has 0 fully saturated rings. The Labute approximate surface area is 87.9 Å². The molecule has 0 saturated heterocycles. The molecule has 0 amide bonds. The van der Waals surface area contributed by atoms with E-state index in [0.29, 0.717) is 0 Å². The topological polar surface area (TPSA) is 42.2 Å². The summed E-state index contributed by atoms with van der Waals surface area (Å²) in [6.45, 7) is 3.91. The highest BCUT2D eigenvalue weighted by Crippen LogP contribution is 2.21. The molecule has 1 rings (SSSR count). The summed E-state index contributed by atoms with van der Waals surface area (Å²) >= 11 is 0. The van der Waals surface area contributed by atoms with Gasteiger partial charge in [0.05, 0.1) is 0 Å². The summed E-state index contributed by atoms with van der Waals surface area (Å²) in [5, 5.41) is 0. The number of nitrogen functional groups attached to an aromatic ring is 1. The number of nitrogens with two attached hydrogens (primary N) is 1. The van der Waals surface area contributed by atoms with E-state index in [9.17, 15) is 8.78 Å². The molecule has 5 heteroatoms. The number of nitrogens with zero attached hydrogens (tertiary/aromatic N) is 2. The van der Waals surface area contributed by atoms with Gasteiger partial charge in [0.2, 0.25) is 0 Å². The maximum atomic E-state index is 13.4. The van der Waals surface area contributed by atoms with Gasteiger partial charge in [-0.2, -0.15) is 0 Å². The van der Waals surface area contributed by atoms with Crippen molar-refractivity contribution in [1.29, 1.82) is 0 Å². The Hall–Kier alpha value is -1.39. The van der Waals surface area contributed by atoms with Gasteiger partial charge in [0.1, 0.15) is 0 Å². The molecule has 0 saturated carbocycles. The van der Waals surface area contributed by atoms with Crippen LogP contribution >= 0.6 is 0 Å². The first-order valence-corrected chi connectivity index (χ1v) is 4.81. The van der Waals surface area contributed by atoms with Gasteiger partial charge in [0.15, 0.2) is 23.3 Å². The van der Waals surface area contributed by atoms with E-state index >= 15 is 0 Å². The van der Waals surface area contributed by atoms with Crippen molar-refractivity contribution in [3.63, 3.8) is 0 Å². The molecule has 0 aliphatic heterocycles. The molecule has 2 N–H and O–H groups in total. The Bertz CT molecular complexity index is 355. The number of aromatic nitrogens is 1. The van der Waals surface area contributed by atoms with Gasteiger partial charge in [-0.05, 0) is 13.3 Å². The van der Waals surface area contributed by atoms with Crippen LogP contribution in [0, 0.1) is 11.6 Å². The summed E-state index contributed by atoms with van der Waals surface area (Å²) in [6, 6.07) is 0.883. The molecule has 0 aromatic carbocycles. The number of hydrogen-bond donors (Lipinski definition) is 1. The fraction of sp³-hybridized carbons (Fsp3) is 0.500. The predicted molar refractivity (Wildman–Crippen MR) is 56.7 cm³/mol. The zero-order chi connectivity index (χ0) is 11.6. The van der Waals surface area contributed by atoms with Gasteiger partial charge in [-0.25, -0.2) is 13.8 Å². The Kier molecular flexibility index (Phi) is 3.44. The van der Waals surface area contributed by atoms with E-state index in [0.717, 1.165) is 12.5 Å². The first-order valence-electron chi connectivity index (χ1n) is 4.81. The van der Waals surface area contributed by atoms with Crippen LogP contribution in [-0.2, 0) is 0 Å². The molecular formula is C10H15F2N3. The van der Waals surface area contributed by atoms with Gasteiger partial charge in [0.25, 0.3) is 0 Å². The summed E-state index contributed by atoms with van der Waals surface area (Å²) in [7, 11) is 1.71. The smallest absolute Gasteiger partial charge is 0.168 e. The second-order valence-electron chi connectivity index (χ2n) is 3.53. The molecule has 1 atom stereocenters. The third-order valence-electron chi connectivity index (χ3n) is 2.52. The lowest BCUT2D eigenvalue weighted by Crippen LogP contribution is -2.30. The highest BCUT2D eigenvalue weighted by atomic mass is 19.1. The van der Waals surface area contributed by atoms with Crippen LogP contribution in [0.15, 0.2) is 6.07 Å². The SMILES string of the molecule is CCC(C)N(C)c1nc(N)c(F)cc1F. The maximum Gasteiger partial charge on any atom is 0.168 e. The molecule has 1 aromatic rings. The van der Waals surface area contributed by atoms with Crippen molar-refractivity contribution < 1.29 is 8.78 Å². The fourth-order valence-electron chi connectivity index (χ4n) is 1.20. The average Bonchev–Trinajstić information content (AvgIpc) is 2.21. The van der Waals surface area contributed by atoms with Crippen LogP contribution in [0.4, 0.5) is 20.4 Å². The molecule has 0 spiro atoms. The third kappa shape index (κ3) is 2.34. The summed E-state index contributed by atoms with van der Waals surface area (Å²) < 4.78 is 26.2. The van der Waals surface area contributed by atoms with Crippen molar-refractivity contribution in [1.82, 2.24) is 4.98 Å². The highest BCUT2D eigenvalue weighted by molar-refractivity contribution is 5.47. The van der Waals surface area contributed by atoms with Gasteiger partial charge in [-0.1, -0.05) is 6.92 Å². The second-order valence-corrected chi connectivity index (χ2v) is 3.53. The summed E-state index contributed by atoms with van der Waals surface area (Å²) in [6.07, 6.45) is 0.842. The van der Waals surface area contributed by atoms with E-state index in [1.165, 1.54) is 0 Å².